The van der Waals surface area contributed by atoms with E-state index in [4.69, 9.17) is 0 Å². The van der Waals surface area contributed by atoms with Crippen molar-refractivity contribution >= 4 is 45.5 Å². The van der Waals surface area contributed by atoms with Crippen molar-refractivity contribution in [2.45, 2.75) is 37.4 Å². The number of hydrogen-bond acceptors (Lipinski definition) is 7. The summed E-state index contributed by atoms with van der Waals surface area (Å²) in [6.45, 7) is 2.80. The van der Waals surface area contributed by atoms with Gasteiger partial charge in [0.15, 0.2) is 10.3 Å². The first-order chi connectivity index (χ1) is 15.2. The summed E-state index contributed by atoms with van der Waals surface area (Å²) in [5.74, 6) is 1.71. The molecule has 1 aliphatic carbocycles. The van der Waals surface area contributed by atoms with Crippen LogP contribution in [0.15, 0.2) is 53.0 Å². The maximum absolute atomic E-state index is 12.5. The van der Waals surface area contributed by atoms with Crippen LogP contribution in [0.2, 0.25) is 0 Å². The van der Waals surface area contributed by atoms with Gasteiger partial charge in [0.1, 0.15) is 5.82 Å². The quantitative estimate of drug-likeness (QED) is 0.350. The molecule has 1 N–H and O–H groups in total. The number of amides is 1. The second-order valence-electron chi connectivity index (χ2n) is 7.47. The fourth-order valence-electron chi connectivity index (χ4n) is 3.27. The average Bonchev–Trinajstić information content (AvgIpc) is 3.15. The molecule has 1 aliphatic rings. The van der Waals surface area contributed by atoms with Gasteiger partial charge in [-0.2, -0.15) is 0 Å². The molecule has 3 aromatic heterocycles. The highest BCUT2D eigenvalue weighted by Gasteiger charge is 2.30. The second-order valence-corrected chi connectivity index (χ2v) is 10.6. The molecule has 1 amide bonds. The van der Waals surface area contributed by atoms with Crippen molar-refractivity contribution in [1.29, 1.82) is 0 Å². The molecule has 0 radical (unpaired) electrons. The van der Waals surface area contributed by atoms with E-state index in [1.165, 1.54) is 33.5 Å². The van der Waals surface area contributed by atoms with Crippen LogP contribution in [0.5, 0.6) is 0 Å². The Morgan fingerprint density at radius 3 is 2.77 bits per heavy atom. The first-order valence-corrected chi connectivity index (χ1v) is 12.8. The fourth-order valence-corrected chi connectivity index (χ4v) is 5.64. The Labute approximate surface area is 192 Å². The molecule has 0 saturated heterocycles. The molecule has 0 bridgehead atoms. The number of rotatable bonds is 8. The second kappa shape index (κ2) is 8.94. The van der Waals surface area contributed by atoms with E-state index in [2.05, 4.69) is 56.3 Å². The molecule has 31 heavy (non-hydrogen) atoms. The summed E-state index contributed by atoms with van der Waals surface area (Å²) in [7, 11) is 0. The van der Waals surface area contributed by atoms with Gasteiger partial charge in [0.05, 0.1) is 22.9 Å². The molecule has 6 nitrogen and oxygen atoms in total. The molecule has 1 aromatic carbocycles. The standard InChI is InChI=1S/C22H21N5OS3/c1-14-7-10-18(31-14)17-12-29-21(23-17)24-19(28)13-30-22-26-25-20(16-8-9-16)27(22)11-15-5-3-2-4-6-15/h2-7,10,12,16H,8-9,11,13H2,1H3,(H,23,24,28). The minimum atomic E-state index is -0.0875. The smallest absolute Gasteiger partial charge is 0.236 e. The van der Waals surface area contributed by atoms with Gasteiger partial charge in [-0.15, -0.1) is 32.9 Å². The summed E-state index contributed by atoms with van der Waals surface area (Å²) >= 11 is 4.57. The van der Waals surface area contributed by atoms with E-state index in [1.807, 2.05) is 23.6 Å². The molecule has 0 aliphatic heterocycles. The maximum atomic E-state index is 12.5. The van der Waals surface area contributed by atoms with Crippen molar-refractivity contribution in [2.75, 3.05) is 11.1 Å². The molecular formula is C22H21N5OS3. The normalized spacial score (nSPS) is 13.5. The Morgan fingerprint density at radius 1 is 1.19 bits per heavy atom. The van der Waals surface area contributed by atoms with Crippen LogP contribution in [0.4, 0.5) is 5.13 Å². The first kappa shape index (κ1) is 20.4. The average molecular weight is 468 g/mol. The van der Waals surface area contributed by atoms with Crippen LogP contribution < -0.4 is 5.32 Å². The molecule has 1 fully saturated rings. The van der Waals surface area contributed by atoms with Gasteiger partial charge in [-0.3, -0.25) is 4.79 Å². The van der Waals surface area contributed by atoms with Gasteiger partial charge in [0.25, 0.3) is 0 Å². The Bertz CT molecular complexity index is 1190. The lowest BCUT2D eigenvalue weighted by Crippen LogP contribution is -2.15. The van der Waals surface area contributed by atoms with Gasteiger partial charge in [-0.1, -0.05) is 42.1 Å². The molecule has 4 aromatic rings. The summed E-state index contributed by atoms with van der Waals surface area (Å²) in [5.41, 5.74) is 2.11. The highest BCUT2D eigenvalue weighted by atomic mass is 32.2. The number of aromatic nitrogens is 4. The Balaban J connectivity index is 1.24. The zero-order valence-corrected chi connectivity index (χ0v) is 19.4. The summed E-state index contributed by atoms with van der Waals surface area (Å²) < 4.78 is 2.16. The molecular weight excluding hydrogens is 446 g/mol. The van der Waals surface area contributed by atoms with Crippen LogP contribution in [0, 0.1) is 6.92 Å². The van der Waals surface area contributed by atoms with E-state index in [0.717, 1.165) is 40.9 Å². The summed E-state index contributed by atoms with van der Waals surface area (Å²) in [5, 5.41) is 15.1. The predicted octanol–water partition coefficient (Wildman–Crippen LogP) is 5.43. The topological polar surface area (TPSA) is 72.7 Å². The van der Waals surface area contributed by atoms with Crippen molar-refractivity contribution in [1.82, 2.24) is 19.7 Å². The lowest BCUT2D eigenvalue weighted by Gasteiger charge is -2.10. The number of thiazole rings is 1. The van der Waals surface area contributed by atoms with Gasteiger partial charge in [0.2, 0.25) is 5.91 Å². The van der Waals surface area contributed by atoms with E-state index >= 15 is 0 Å². The molecule has 9 heteroatoms. The van der Waals surface area contributed by atoms with Gasteiger partial charge in [-0.05, 0) is 37.5 Å². The number of thiophene rings is 1. The number of nitrogens with one attached hydrogen (secondary N) is 1. The fraction of sp³-hybridized carbons (Fsp3) is 0.273. The first-order valence-electron chi connectivity index (χ1n) is 10.1. The summed E-state index contributed by atoms with van der Waals surface area (Å²) in [6, 6.07) is 14.4. The third kappa shape index (κ3) is 4.89. The largest absolute Gasteiger partial charge is 0.301 e. The summed E-state index contributed by atoms with van der Waals surface area (Å²) in [6.07, 6.45) is 2.32. The van der Waals surface area contributed by atoms with Crippen LogP contribution >= 0.6 is 34.4 Å². The number of hydrogen-bond donors (Lipinski definition) is 1. The van der Waals surface area contributed by atoms with E-state index < -0.39 is 0 Å². The van der Waals surface area contributed by atoms with Crippen LogP contribution in [0.3, 0.4) is 0 Å². The van der Waals surface area contributed by atoms with E-state index in [0.29, 0.717) is 11.0 Å². The van der Waals surface area contributed by atoms with Gasteiger partial charge >= 0.3 is 0 Å². The van der Waals surface area contributed by atoms with Crippen molar-refractivity contribution in [3.63, 3.8) is 0 Å². The zero-order chi connectivity index (χ0) is 21.2. The van der Waals surface area contributed by atoms with Crippen molar-refractivity contribution in [3.05, 3.63) is 64.1 Å². The van der Waals surface area contributed by atoms with E-state index in [9.17, 15) is 4.79 Å². The number of nitrogens with zero attached hydrogens (tertiary/aromatic N) is 4. The van der Waals surface area contributed by atoms with Crippen molar-refractivity contribution in [2.24, 2.45) is 0 Å². The minimum absolute atomic E-state index is 0.0875. The lowest BCUT2D eigenvalue weighted by molar-refractivity contribution is -0.113. The zero-order valence-electron chi connectivity index (χ0n) is 16.9. The molecule has 0 atom stereocenters. The molecule has 3 heterocycles. The SMILES string of the molecule is Cc1ccc(-c2csc(NC(=O)CSc3nnc(C4CC4)n3Cc3ccccc3)n2)s1. The number of carbonyl (C=O) groups is 1. The third-order valence-electron chi connectivity index (χ3n) is 4.95. The van der Waals surface area contributed by atoms with Crippen molar-refractivity contribution in [3.8, 4) is 10.6 Å². The molecule has 5 rings (SSSR count). The monoisotopic (exact) mass is 467 g/mol. The van der Waals surface area contributed by atoms with Gasteiger partial charge < -0.3 is 9.88 Å². The van der Waals surface area contributed by atoms with Crippen molar-refractivity contribution < 1.29 is 4.79 Å². The third-order valence-corrected chi connectivity index (χ3v) is 7.69. The molecule has 0 spiro atoms. The summed E-state index contributed by atoms with van der Waals surface area (Å²) in [4.78, 5) is 19.5. The lowest BCUT2D eigenvalue weighted by atomic mass is 10.2. The van der Waals surface area contributed by atoms with E-state index in [-0.39, 0.29) is 11.7 Å². The number of benzene rings is 1. The maximum Gasteiger partial charge on any atom is 0.236 e. The number of thioether (sulfide) groups is 1. The minimum Gasteiger partial charge on any atom is -0.301 e. The molecule has 158 valence electrons. The molecule has 1 saturated carbocycles. The highest BCUT2D eigenvalue weighted by Crippen LogP contribution is 2.40. The highest BCUT2D eigenvalue weighted by molar-refractivity contribution is 7.99. The van der Waals surface area contributed by atoms with Crippen LogP contribution in [-0.4, -0.2) is 31.4 Å². The van der Waals surface area contributed by atoms with Gasteiger partial charge in [0, 0.05) is 16.2 Å². The Morgan fingerprint density at radius 2 is 2.03 bits per heavy atom. The number of anilines is 1. The van der Waals surface area contributed by atoms with Crippen LogP contribution in [-0.2, 0) is 11.3 Å². The van der Waals surface area contributed by atoms with Gasteiger partial charge in [-0.25, -0.2) is 4.98 Å². The predicted molar refractivity (Wildman–Crippen MR) is 127 cm³/mol. The van der Waals surface area contributed by atoms with Crippen LogP contribution in [0.25, 0.3) is 10.6 Å². The number of carbonyl (C=O) groups excluding carboxylic acids is 1. The Hall–Kier alpha value is -2.49. The van der Waals surface area contributed by atoms with Crippen LogP contribution in [0.1, 0.15) is 35.0 Å². The molecule has 0 unspecified atom stereocenters. The van der Waals surface area contributed by atoms with E-state index in [1.54, 1.807) is 11.3 Å². The Kier molecular flexibility index (Phi) is 5.89. The number of aryl methyl sites for hydroxylation is 1.